The Morgan fingerprint density at radius 1 is 0.889 bits per heavy atom. The molecule has 1 fully saturated rings. The van der Waals surface area contributed by atoms with Crippen LogP contribution in [0.5, 0.6) is 0 Å². The van der Waals surface area contributed by atoms with E-state index in [-0.39, 0.29) is 11.1 Å². The average molecular weight is 363 g/mol. The van der Waals surface area contributed by atoms with E-state index < -0.39 is 29.4 Å². The molecule has 2 aliphatic rings. The SMILES string of the molecule is O=C(CC1(O)C(=O)c2ccccc2C1=O)c1ccc(N2CCCCC2)cc1. The van der Waals surface area contributed by atoms with E-state index >= 15 is 0 Å². The number of anilines is 1. The predicted octanol–water partition coefficient (Wildman–Crippen LogP) is 3.06. The third-order valence-electron chi connectivity index (χ3n) is 5.49. The van der Waals surface area contributed by atoms with Gasteiger partial charge in [0.05, 0.1) is 6.42 Å². The van der Waals surface area contributed by atoms with E-state index in [1.54, 1.807) is 24.3 Å². The maximum Gasteiger partial charge on any atom is 0.203 e. The lowest BCUT2D eigenvalue weighted by Gasteiger charge is -2.28. The predicted molar refractivity (Wildman–Crippen MR) is 102 cm³/mol. The zero-order valence-corrected chi connectivity index (χ0v) is 15.0. The van der Waals surface area contributed by atoms with Gasteiger partial charge < -0.3 is 10.0 Å². The van der Waals surface area contributed by atoms with Gasteiger partial charge in [0, 0.05) is 35.5 Å². The Labute approximate surface area is 157 Å². The second-order valence-electron chi connectivity index (χ2n) is 7.26. The molecule has 0 amide bonds. The molecule has 5 nitrogen and oxygen atoms in total. The van der Waals surface area contributed by atoms with Crippen LogP contribution in [0, 0.1) is 0 Å². The van der Waals surface area contributed by atoms with Crippen molar-refractivity contribution in [1.29, 1.82) is 0 Å². The molecule has 2 aromatic rings. The summed E-state index contributed by atoms with van der Waals surface area (Å²) in [6, 6.07) is 13.5. The molecule has 0 aromatic heterocycles. The number of Topliss-reactive ketones (excluding diaryl/α,β-unsaturated/α-hetero) is 3. The van der Waals surface area contributed by atoms with E-state index in [1.807, 2.05) is 12.1 Å². The van der Waals surface area contributed by atoms with Crippen LogP contribution < -0.4 is 4.90 Å². The number of carbonyl (C=O) groups excluding carboxylic acids is 3. The molecule has 5 heteroatoms. The van der Waals surface area contributed by atoms with Gasteiger partial charge in [-0.1, -0.05) is 24.3 Å². The Hall–Kier alpha value is -2.79. The maximum atomic E-state index is 12.7. The second-order valence-corrected chi connectivity index (χ2v) is 7.26. The zero-order chi connectivity index (χ0) is 19.0. The van der Waals surface area contributed by atoms with Gasteiger partial charge in [0.25, 0.3) is 0 Å². The van der Waals surface area contributed by atoms with Crippen molar-refractivity contribution in [3.8, 4) is 0 Å². The summed E-state index contributed by atoms with van der Waals surface area (Å²) in [6.45, 7) is 2.02. The minimum Gasteiger partial charge on any atom is -0.374 e. The van der Waals surface area contributed by atoms with Gasteiger partial charge >= 0.3 is 0 Å². The summed E-state index contributed by atoms with van der Waals surface area (Å²) in [4.78, 5) is 40.0. The largest absolute Gasteiger partial charge is 0.374 e. The number of nitrogens with zero attached hydrogens (tertiary/aromatic N) is 1. The number of benzene rings is 2. The van der Waals surface area contributed by atoms with Crippen molar-refractivity contribution in [1.82, 2.24) is 0 Å². The zero-order valence-electron chi connectivity index (χ0n) is 15.0. The highest BCUT2D eigenvalue weighted by Crippen LogP contribution is 2.33. The molecule has 1 N–H and O–H groups in total. The van der Waals surface area contributed by atoms with Gasteiger partial charge in [0.2, 0.25) is 11.6 Å². The average Bonchev–Trinajstić information content (AvgIpc) is 2.90. The van der Waals surface area contributed by atoms with Crippen LogP contribution >= 0.6 is 0 Å². The van der Waals surface area contributed by atoms with Crippen molar-refractivity contribution >= 4 is 23.0 Å². The summed E-state index contributed by atoms with van der Waals surface area (Å²) in [6.07, 6.45) is 3.04. The van der Waals surface area contributed by atoms with Crippen molar-refractivity contribution in [2.75, 3.05) is 18.0 Å². The molecule has 0 spiro atoms. The molecule has 4 rings (SSSR count). The van der Waals surface area contributed by atoms with Crippen molar-refractivity contribution in [3.05, 3.63) is 65.2 Å². The highest BCUT2D eigenvalue weighted by Gasteiger charge is 2.52. The van der Waals surface area contributed by atoms with Gasteiger partial charge in [0.1, 0.15) is 0 Å². The first kappa shape index (κ1) is 17.6. The molecular weight excluding hydrogens is 342 g/mol. The van der Waals surface area contributed by atoms with Gasteiger partial charge in [-0.3, -0.25) is 14.4 Å². The quantitative estimate of drug-likeness (QED) is 0.667. The maximum absolute atomic E-state index is 12.7. The minimum atomic E-state index is -2.30. The van der Waals surface area contributed by atoms with Gasteiger partial charge in [0.15, 0.2) is 11.4 Å². The molecule has 0 atom stereocenters. The van der Waals surface area contributed by atoms with Crippen molar-refractivity contribution in [2.45, 2.75) is 31.3 Å². The number of carbonyl (C=O) groups is 3. The standard InChI is InChI=1S/C22H21NO4/c24-19(15-8-10-16(11-9-15)23-12-4-1-5-13-23)14-22(27)20(25)17-6-2-3-7-18(17)21(22)26/h2-3,6-11,27H,1,4-5,12-14H2. The van der Waals surface area contributed by atoms with Crippen LogP contribution in [0.1, 0.15) is 56.8 Å². The molecule has 1 saturated heterocycles. The first-order valence-electron chi connectivity index (χ1n) is 9.30. The molecular formula is C22H21NO4. The number of piperidine rings is 1. The lowest BCUT2D eigenvalue weighted by Crippen LogP contribution is -2.43. The van der Waals surface area contributed by atoms with Crippen molar-refractivity contribution in [3.63, 3.8) is 0 Å². The van der Waals surface area contributed by atoms with Gasteiger partial charge in [-0.2, -0.15) is 0 Å². The Morgan fingerprint density at radius 3 is 2.00 bits per heavy atom. The fraction of sp³-hybridized carbons (Fsp3) is 0.318. The number of rotatable bonds is 4. The molecule has 0 unspecified atom stereocenters. The van der Waals surface area contributed by atoms with Gasteiger partial charge in [-0.25, -0.2) is 0 Å². The summed E-state index contributed by atoms with van der Waals surface area (Å²) in [5, 5.41) is 10.7. The molecule has 0 saturated carbocycles. The molecule has 0 bridgehead atoms. The van der Waals surface area contributed by atoms with Crippen LogP contribution in [0.25, 0.3) is 0 Å². The normalized spacial score (nSPS) is 18.5. The fourth-order valence-corrected chi connectivity index (χ4v) is 3.93. The summed E-state index contributed by atoms with van der Waals surface area (Å²) >= 11 is 0. The lowest BCUT2D eigenvalue weighted by molar-refractivity contribution is 0.0295. The summed E-state index contributed by atoms with van der Waals surface area (Å²) in [7, 11) is 0. The monoisotopic (exact) mass is 363 g/mol. The number of fused-ring (bicyclic) bond motifs is 1. The van der Waals surface area contributed by atoms with Gasteiger partial charge in [-0.05, 0) is 43.5 Å². The van der Waals surface area contributed by atoms with Crippen LogP contribution in [0.3, 0.4) is 0 Å². The third-order valence-corrected chi connectivity index (χ3v) is 5.49. The van der Waals surface area contributed by atoms with Crippen LogP contribution in [0.2, 0.25) is 0 Å². The molecule has 1 aliphatic carbocycles. The third kappa shape index (κ3) is 2.98. The first-order valence-corrected chi connectivity index (χ1v) is 9.30. The molecule has 27 heavy (non-hydrogen) atoms. The molecule has 1 heterocycles. The van der Waals surface area contributed by atoms with Crippen LogP contribution in [-0.2, 0) is 0 Å². The Bertz CT molecular complexity index is 875. The van der Waals surface area contributed by atoms with E-state index in [0.717, 1.165) is 18.8 Å². The Morgan fingerprint density at radius 2 is 1.44 bits per heavy atom. The lowest BCUT2D eigenvalue weighted by atomic mass is 9.89. The van der Waals surface area contributed by atoms with Crippen molar-refractivity contribution < 1.29 is 19.5 Å². The first-order chi connectivity index (χ1) is 13.0. The fourth-order valence-electron chi connectivity index (χ4n) is 3.93. The van der Waals surface area contributed by atoms with E-state index in [9.17, 15) is 19.5 Å². The number of hydrogen-bond donors (Lipinski definition) is 1. The number of hydrogen-bond acceptors (Lipinski definition) is 5. The summed E-state index contributed by atoms with van der Waals surface area (Å²) < 4.78 is 0. The Balaban J connectivity index is 1.52. The van der Waals surface area contributed by atoms with Crippen LogP contribution in [-0.4, -0.2) is 41.1 Å². The minimum absolute atomic E-state index is 0.179. The van der Waals surface area contributed by atoms with Gasteiger partial charge in [-0.15, -0.1) is 0 Å². The summed E-state index contributed by atoms with van der Waals surface area (Å²) in [5.74, 6) is -1.81. The number of ketones is 3. The van der Waals surface area contributed by atoms with E-state index in [4.69, 9.17) is 0 Å². The molecule has 2 aromatic carbocycles. The Kier molecular flexibility index (Phi) is 4.40. The highest BCUT2D eigenvalue weighted by molar-refractivity contribution is 6.33. The molecule has 1 aliphatic heterocycles. The smallest absolute Gasteiger partial charge is 0.203 e. The second kappa shape index (κ2) is 6.74. The van der Waals surface area contributed by atoms with Crippen molar-refractivity contribution in [2.24, 2.45) is 0 Å². The highest BCUT2D eigenvalue weighted by atomic mass is 16.3. The van der Waals surface area contributed by atoms with Crippen LogP contribution in [0.15, 0.2) is 48.5 Å². The van der Waals surface area contributed by atoms with E-state index in [0.29, 0.717) is 5.56 Å². The summed E-state index contributed by atoms with van der Waals surface area (Å²) in [5.41, 5.74) is -0.491. The molecule has 138 valence electrons. The topological polar surface area (TPSA) is 74.7 Å². The van der Waals surface area contributed by atoms with E-state index in [2.05, 4.69) is 4.90 Å². The number of aliphatic hydroxyl groups is 1. The van der Waals surface area contributed by atoms with Crippen LogP contribution in [0.4, 0.5) is 5.69 Å². The molecule has 0 radical (unpaired) electrons. The van der Waals surface area contributed by atoms with E-state index in [1.165, 1.54) is 31.4 Å².